The molecule has 2 rings (SSSR count). The van der Waals surface area contributed by atoms with Crippen LogP contribution in [0.1, 0.15) is 31.2 Å². The standard InChI is InChI=1S/C14H20FNO2S/c15-13-5-3-4-12(10-13)11-19(17,18)9-7-14-6-1-2-8-16-14/h3-5,10,14,16H,1-2,6-9,11H2. The van der Waals surface area contributed by atoms with E-state index in [9.17, 15) is 12.8 Å². The van der Waals surface area contributed by atoms with E-state index in [1.165, 1.54) is 25.0 Å². The van der Waals surface area contributed by atoms with Crippen LogP contribution in [0.3, 0.4) is 0 Å². The highest BCUT2D eigenvalue weighted by molar-refractivity contribution is 7.90. The van der Waals surface area contributed by atoms with E-state index in [0.29, 0.717) is 18.0 Å². The van der Waals surface area contributed by atoms with Crippen LogP contribution in [0.25, 0.3) is 0 Å². The molecular formula is C14H20FNO2S. The summed E-state index contributed by atoms with van der Waals surface area (Å²) in [6.07, 6.45) is 4.04. The summed E-state index contributed by atoms with van der Waals surface area (Å²) in [6, 6.07) is 6.12. The van der Waals surface area contributed by atoms with Crippen molar-refractivity contribution in [2.24, 2.45) is 0 Å². The quantitative estimate of drug-likeness (QED) is 0.902. The third kappa shape index (κ3) is 4.91. The molecule has 0 aromatic heterocycles. The third-order valence-electron chi connectivity index (χ3n) is 3.47. The van der Waals surface area contributed by atoms with Crippen molar-refractivity contribution >= 4 is 9.84 Å². The number of nitrogens with one attached hydrogen (secondary N) is 1. The number of halogens is 1. The molecule has 3 nitrogen and oxygen atoms in total. The van der Waals surface area contributed by atoms with Gasteiger partial charge in [-0.1, -0.05) is 18.6 Å². The first-order valence-electron chi connectivity index (χ1n) is 6.73. The number of benzene rings is 1. The van der Waals surface area contributed by atoms with Crippen molar-refractivity contribution < 1.29 is 12.8 Å². The second-order valence-electron chi connectivity index (χ2n) is 5.16. The molecule has 1 aromatic carbocycles. The molecule has 1 atom stereocenters. The maximum atomic E-state index is 13.0. The first-order valence-corrected chi connectivity index (χ1v) is 8.55. The van der Waals surface area contributed by atoms with Crippen LogP contribution in [0.15, 0.2) is 24.3 Å². The Hall–Kier alpha value is -0.940. The number of hydrogen-bond acceptors (Lipinski definition) is 3. The normalized spacial score (nSPS) is 20.4. The summed E-state index contributed by atoms with van der Waals surface area (Å²) in [5.41, 5.74) is 0.525. The monoisotopic (exact) mass is 285 g/mol. The fourth-order valence-corrected chi connectivity index (χ4v) is 3.92. The van der Waals surface area contributed by atoms with Crippen LogP contribution in [-0.2, 0) is 15.6 Å². The zero-order valence-corrected chi connectivity index (χ0v) is 11.8. The highest BCUT2D eigenvalue weighted by Gasteiger charge is 2.18. The molecule has 1 saturated heterocycles. The minimum atomic E-state index is -3.16. The van der Waals surface area contributed by atoms with Crippen molar-refractivity contribution in [1.82, 2.24) is 5.32 Å². The van der Waals surface area contributed by atoms with E-state index in [-0.39, 0.29) is 17.3 Å². The number of sulfone groups is 1. The van der Waals surface area contributed by atoms with E-state index in [1.807, 2.05) is 0 Å². The fraction of sp³-hybridized carbons (Fsp3) is 0.571. The van der Waals surface area contributed by atoms with E-state index in [4.69, 9.17) is 0 Å². The van der Waals surface area contributed by atoms with Crippen molar-refractivity contribution in [3.05, 3.63) is 35.6 Å². The minimum absolute atomic E-state index is 0.0719. The lowest BCUT2D eigenvalue weighted by Gasteiger charge is -2.23. The molecule has 5 heteroatoms. The van der Waals surface area contributed by atoms with Crippen LogP contribution in [-0.4, -0.2) is 26.8 Å². The van der Waals surface area contributed by atoms with Gasteiger partial charge in [0, 0.05) is 6.04 Å². The molecule has 1 heterocycles. The minimum Gasteiger partial charge on any atom is -0.314 e. The Bertz CT molecular complexity index is 510. The van der Waals surface area contributed by atoms with E-state index < -0.39 is 9.84 Å². The van der Waals surface area contributed by atoms with Crippen LogP contribution in [0.2, 0.25) is 0 Å². The molecule has 0 aliphatic carbocycles. The summed E-state index contributed by atoms with van der Waals surface area (Å²) < 4.78 is 37.0. The highest BCUT2D eigenvalue weighted by atomic mass is 32.2. The lowest BCUT2D eigenvalue weighted by molar-refractivity contribution is 0.392. The molecule has 1 N–H and O–H groups in total. The van der Waals surface area contributed by atoms with Gasteiger partial charge in [-0.15, -0.1) is 0 Å². The third-order valence-corrected chi connectivity index (χ3v) is 5.10. The zero-order valence-electron chi connectivity index (χ0n) is 10.9. The van der Waals surface area contributed by atoms with Gasteiger partial charge in [0.05, 0.1) is 11.5 Å². The predicted molar refractivity (Wildman–Crippen MR) is 74.1 cm³/mol. The maximum Gasteiger partial charge on any atom is 0.154 e. The Balaban J connectivity index is 1.87. The van der Waals surface area contributed by atoms with Gasteiger partial charge in [0.25, 0.3) is 0 Å². The molecule has 1 aliphatic heterocycles. The second kappa shape index (κ2) is 6.48. The Morgan fingerprint density at radius 3 is 2.84 bits per heavy atom. The molecule has 19 heavy (non-hydrogen) atoms. The largest absolute Gasteiger partial charge is 0.314 e. The molecule has 1 unspecified atom stereocenters. The summed E-state index contributed by atoms with van der Waals surface area (Å²) in [5.74, 6) is -0.291. The van der Waals surface area contributed by atoms with Gasteiger partial charge in [0.15, 0.2) is 9.84 Å². The van der Waals surface area contributed by atoms with Crippen molar-refractivity contribution in [2.75, 3.05) is 12.3 Å². The van der Waals surface area contributed by atoms with Gasteiger partial charge >= 0.3 is 0 Å². The van der Waals surface area contributed by atoms with Gasteiger partial charge in [0.1, 0.15) is 5.82 Å². The zero-order chi connectivity index (χ0) is 13.7. The molecule has 0 radical (unpaired) electrons. The van der Waals surface area contributed by atoms with Crippen molar-refractivity contribution in [3.63, 3.8) is 0 Å². The summed E-state index contributed by atoms with van der Waals surface area (Å²) in [7, 11) is -3.16. The maximum absolute atomic E-state index is 13.0. The van der Waals surface area contributed by atoms with Gasteiger partial charge in [-0.05, 0) is 43.5 Å². The fourth-order valence-electron chi connectivity index (χ4n) is 2.45. The average molecular weight is 285 g/mol. The molecule has 0 bridgehead atoms. The second-order valence-corrected chi connectivity index (χ2v) is 7.34. The lowest BCUT2D eigenvalue weighted by atomic mass is 10.0. The predicted octanol–water partition coefficient (Wildman–Crippen LogP) is 2.27. The molecule has 1 aliphatic rings. The SMILES string of the molecule is O=S(=O)(CCC1CCCCN1)Cc1cccc(F)c1. The average Bonchev–Trinajstić information content (AvgIpc) is 2.37. The molecule has 1 fully saturated rings. The first-order chi connectivity index (χ1) is 9.05. The van der Waals surface area contributed by atoms with Gasteiger partial charge in [-0.3, -0.25) is 0 Å². The number of piperidine rings is 1. The van der Waals surface area contributed by atoms with E-state index >= 15 is 0 Å². The van der Waals surface area contributed by atoms with Crippen molar-refractivity contribution in [2.45, 2.75) is 37.5 Å². The van der Waals surface area contributed by atoms with E-state index in [1.54, 1.807) is 12.1 Å². The van der Waals surface area contributed by atoms with Crippen LogP contribution in [0, 0.1) is 5.82 Å². The Morgan fingerprint density at radius 1 is 1.32 bits per heavy atom. The summed E-state index contributed by atoms with van der Waals surface area (Å²) in [6.45, 7) is 0.981. The van der Waals surface area contributed by atoms with Gasteiger partial charge in [-0.25, -0.2) is 12.8 Å². The lowest BCUT2D eigenvalue weighted by Crippen LogP contribution is -2.35. The Kier molecular flexibility index (Phi) is 4.93. The summed E-state index contributed by atoms with van der Waals surface area (Å²) >= 11 is 0. The van der Waals surface area contributed by atoms with Gasteiger partial charge in [-0.2, -0.15) is 0 Å². The number of hydrogen-bond donors (Lipinski definition) is 1. The van der Waals surface area contributed by atoms with Crippen LogP contribution in [0.5, 0.6) is 0 Å². The molecule has 0 spiro atoms. The van der Waals surface area contributed by atoms with Crippen molar-refractivity contribution in [1.29, 1.82) is 0 Å². The summed E-state index contributed by atoms with van der Waals surface area (Å²) in [5, 5.41) is 3.34. The molecule has 0 saturated carbocycles. The highest BCUT2D eigenvalue weighted by Crippen LogP contribution is 2.14. The topological polar surface area (TPSA) is 46.2 Å². The van der Waals surface area contributed by atoms with Crippen LogP contribution in [0.4, 0.5) is 4.39 Å². The summed E-state index contributed by atoms with van der Waals surface area (Å²) in [4.78, 5) is 0. The van der Waals surface area contributed by atoms with Crippen molar-refractivity contribution in [3.8, 4) is 0 Å². The first kappa shape index (κ1) is 14.5. The molecular weight excluding hydrogens is 265 g/mol. The van der Waals surface area contributed by atoms with E-state index in [0.717, 1.165) is 13.0 Å². The Morgan fingerprint density at radius 2 is 2.16 bits per heavy atom. The molecule has 106 valence electrons. The molecule has 0 amide bonds. The smallest absolute Gasteiger partial charge is 0.154 e. The van der Waals surface area contributed by atoms with Crippen LogP contribution >= 0.6 is 0 Å². The Labute approximate surface area is 114 Å². The van der Waals surface area contributed by atoms with Gasteiger partial charge < -0.3 is 5.32 Å². The molecule has 1 aromatic rings. The van der Waals surface area contributed by atoms with Crippen LogP contribution < -0.4 is 5.32 Å². The van der Waals surface area contributed by atoms with E-state index in [2.05, 4.69) is 5.32 Å². The number of rotatable bonds is 5. The van der Waals surface area contributed by atoms with Gasteiger partial charge in [0.2, 0.25) is 0 Å².